The summed E-state index contributed by atoms with van der Waals surface area (Å²) in [5.41, 5.74) is 2.50. The van der Waals surface area contributed by atoms with E-state index in [0.29, 0.717) is 0 Å². The minimum Gasteiger partial charge on any atom is -0.359 e. The molecule has 19 heavy (non-hydrogen) atoms. The van der Waals surface area contributed by atoms with Gasteiger partial charge in [-0.2, -0.15) is 5.10 Å². The van der Waals surface area contributed by atoms with Crippen LogP contribution in [0.15, 0.2) is 0 Å². The highest BCUT2D eigenvalue weighted by atomic mass is 15.4. The predicted octanol–water partition coefficient (Wildman–Crippen LogP) is 2.46. The number of hydrogen-bond donors (Lipinski definition) is 1. The predicted molar refractivity (Wildman–Crippen MR) is 80.6 cm³/mol. The lowest BCUT2D eigenvalue weighted by molar-refractivity contribution is 0.538. The molecule has 0 spiro atoms. The molecule has 0 saturated heterocycles. The zero-order valence-electron chi connectivity index (χ0n) is 12.9. The molecule has 0 aliphatic heterocycles. The Balaban J connectivity index is 2.11. The van der Waals surface area contributed by atoms with Crippen LogP contribution in [0.3, 0.4) is 0 Å². The van der Waals surface area contributed by atoms with Crippen molar-refractivity contribution in [1.29, 1.82) is 0 Å². The fraction of sp³-hybridized carbons (Fsp3) is 0.800. The van der Waals surface area contributed by atoms with Gasteiger partial charge in [0.15, 0.2) is 0 Å². The number of aryl methyl sites for hydroxylation is 2. The lowest BCUT2D eigenvalue weighted by Gasteiger charge is -2.24. The Morgan fingerprint density at radius 3 is 2.68 bits per heavy atom. The zero-order chi connectivity index (χ0) is 13.8. The standard InChI is InChI=1S/C15H28N4/c1-5-16-10-14-12(2)17-19(4)15(14)18(3)11-13-8-6-7-9-13/h13,16H,5-11H2,1-4H3. The molecular formula is C15H28N4. The van der Waals surface area contributed by atoms with Gasteiger partial charge in [0, 0.05) is 32.7 Å². The Labute approximate surface area is 117 Å². The van der Waals surface area contributed by atoms with E-state index in [1.165, 1.54) is 37.1 Å². The summed E-state index contributed by atoms with van der Waals surface area (Å²) in [6.07, 6.45) is 5.60. The Morgan fingerprint density at radius 1 is 1.37 bits per heavy atom. The molecule has 4 heteroatoms. The van der Waals surface area contributed by atoms with E-state index in [9.17, 15) is 0 Å². The molecule has 0 amide bonds. The van der Waals surface area contributed by atoms with Gasteiger partial charge in [0.1, 0.15) is 5.82 Å². The van der Waals surface area contributed by atoms with Crippen LogP contribution in [0.25, 0.3) is 0 Å². The van der Waals surface area contributed by atoms with E-state index in [2.05, 4.69) is 43.3 Å². The molecule has 1 heterocycles. The molecule has 0 radical (unpaired) electrons. The molecule has 1 aromatic rings. The quantitative estimate of drug-likeness (QED) is 0.857. The van der Waals surface area contributed by atoms with Gasteiger partial charge in [0.25, 0.3) is 0 Å². The van der Waals surface area contributed by atoms with E-state index < -0.39 is 0 Å². The molecule has 1 N–H and O–H groups in total. The first-order valence-corrected chi connectivity index (χ1v) is 7.57. The third kappa shape index (κ3) is 3.30. The molecule has 1 aliphatic carbocycles. The molecule has 1 saturated carbocycles. The third-order valence-corrected chi connectivity index (χ3v) is 4.23. The minimum absolute atomic E-state index is 0.868. The Bertz CT molecular complexity index is 405. The lowest BCUT2D eigenvalue weighted by Crippen LogP contribution is -2.27. The summed E-state index contributed by atoms with van der Waals surface area (Å²) in [4.78, 5) is 2.41. The molecule has 0 bridgehead atoms. The molecule has 2 rings (SSSR count). The molecule has 0 atom stereocenters. The van der Waals surface area contributed by atoms with Crippen LogP contribution in [0.1, 0.15) is 43.9 Å². The highest BCUT2D eigenvalue weighted by Gasteiger charge is 2.21. The zero-order valence-corrected chi connectivity index (χ0v) is 12.9. The molecule has 108 valence electrons. The SMILES string of the molecule is CCNCc1c(C)nn(C)c1N(C)CC1CCCC1. The van der Waals surface area contributed by atoms with Gasteiger partial charge in [-0.25, -0.2) is 0 Å². The molecule has 1 fully saturated rings. The summed E-state index contributed by atoms with van der Waals surface area (Å²) in [5, 5.41) is 8.02. The number of anilines is 1. The van der Waals surface area contributed by atoms with Gasteiger partial charge >= 0.3 is 0 Å². The number of nitrogens with zero attached hydrogens (tertiary/aromatic N) is 3. The van der Waals surface area contributed by atoms with Crippen molar-refractivity contribution >= 4 is 5.82 Å². The van der Waals surface area contributed by atoms with E-state index in [0.717, 1.165) is 31.2 Å². The Morgan fingerprint density at radius 2 is 2.05 bits per heavy atom. The second-order valence-electron chi connectivity index (χ2n) is 5.82. The van der Waals surface area contributed by atoms with Gasteiger partial charge in [0.05, 0.1) is 5.69 Å². The van der Waals surface area contributed by atoms with Crippen molar-refractivity contribution < 1.29 is 0 Å². The topological polar surface area (TPSA) is 33.1 Å². The van der Waals surface area contributed by atoms with Crippen molar-refractivity contribution in [3.63, 3.8) is 0 Å². The van der Waals surface area contributed by atoms with Crippen LogP contribution in [0.2, 0.25) is 0 Å². The summed E-state index contributed by atoms with van der Waals surface area (Å²) in [7, 11) is 4.27. The Kier molecular flexibility index (Phi) is 4.86. The fourth-order valence-corrected chi connectivity index (χ4v) is 3.29. The van der Waals surface area contributed by atoms with Crippen molar-refractivity contribution in [3.05, 3.63) is 11.3 Å². The van der Waals surface area contributed by atoms with Crippen LogP contribution in [-0.2, 0) is 13.6 Å². The first-order chi connectivity index (χ1) is 9.13. The maximum atomic E-state index is 4.59. The summed E-state index contributed by atoms with van der Waals surface area (Å²) >= 11 is 0. The van der Waals surface area contributed by atoms with Gasteiger partial charge in [-0.15, -0.1) is 0 Å². The Hall–Kier alpha value is -1.03. The largest absolute Gasteiger partial charge is 0.359 e. The minimum atomic E-state index is 0.868. The van der Waals surface area contributed by atoms with Gasteiger partial charge in [-0.05, 0) is 32.2 Å². The van der Waals surface area contributed by atoms with Crippen molar-refractivity contribution in [2.24, 2.45) is 13.0 Å². The van der Waals surface area contributed by atoms with Crippen LogP contribution < -0.4 is 10.2 Å². The molecule has 1 aliphatic rings. The fourth-order valence-electron chi connectivity index (χ4n) is 3.29. The number of aromatic nitrogens is 2. The normalized spacial score (nSPS) is 16.2. The molecule has 1 aromatic heterocycles. The van der Waals surface area contributed by atoms with Crippen LogP contribution in [0.4, 0.5) is 5.82 Å². The van der Waals surface area contributed by atoms with Crippen molar-refractivity contribution in [3.8, 4) is 0 Å². The summed E-state index contributed by atoms with van der Waals surface area (Å²) in [5.74, 6) is 2.15. The second kappa shape index (κ2) is 6.42. The van der Waals surface area contributed by atoms with E-state index >= 15 is 0 Å². The van der Waals surface area contributed by atoms with Gasteiger partial charge in [-0.3, -0.25) is 4.68 Å². The maximum Gasteiger partial charge on any atom is 0.131 e. The second-order valence-corrected chi connectivity index (χ2v) is 5.82. The maximum absolute atomic E-state index is 4.59. The van der Waals surface area contributed by atoms with Gasteiger partial charge < -0.3 is 10.2 Å². The van der Waals surface area contributed by atoms with Crippen LogP contribution in [0.5, 0.6) is 0 Å². The summed E-state index contributed by atoms with van der Waals surface area (Å²) in [6, 6.07) is 0. The van der Waals surface area contributed by atoms with Gasteiger partial charge in [-0.1, -0.05) is 19.8 Å². The van der Waals surface area contributed by atoms with Crippen molar-refractivity contribution in [2.45, 2.75) is 46.1 Å². The summed E-state index contributed by atoms with van der Waals surface area (Å²) < 4.78 is 2.04. The van der Waals surface area contributed by atoms with E-state index in [1.807, 2.05) is 4.68 Å². The van der Waals surface area contributed by atoms with Gasteiger partial charge in [0.2, 0.25) is 0 Å². The summed E-state index contributed by atoms with van der Waals surface area (Å²) in [6.45, 7) is 7.34. The van der Waals surface area contributed by atoms with Crippen LogP contribution >= 0.6 is 0 Å². The van der Waals surface area contributed by atoms with E-state index in [4.69, 9.17) is 0 Å². The van der Waals surface area contributed by atoms with Crippen LogP contribution in [0, 0.1) is 12.8 Å². The average Bonchev–Trinajstić information content (AvgIpc) is 2.94. The smallest absolute Gasteiger partial charge is 0.131 e. The lowest BCUT2D eigenvalue weighted by atomic mass is 10.1. The molecule has 0 unspecified atom stereocenters. The molecular weight excluding hydrogens is 236 g/mol. The van der Waals surface area contributed by atoms with E-state index in [1.54, 1.807) is 0 Å². The average molecular weight is 264 g/mol. The highest BCUT2D eigenvalue weighted by Crippen LogP contribution is 2.28. The van der Waals surface area contributed by atoms with E-state index in [-0.39, 0.29) is 0 Å². The first-order valence-electron chi connectivity index (χ1n) is 7.57. The monoisotopic (exact) mass is 264 g/mol. The number of rotatable bonds is 6. The number of hydrogen-bond acceptors (Lipinski definition) is 3. The van der Waals surface area contributed by atoms with Crippen LogP contribution in [-0.4, -0.2) is 29.9 Å². The van der Waals surface area contributed by atoms with Crippen molar-refractivity contribution in [2.75, 3.05) is 25.0 Å². The highest BCUT2D eigenvalue weighted by molar-refractivity contribution is 5.49. The first kappa shape index (κ1) is 14.4. The molecule has 4 nitrogen and oxygen atoms in total. The number of nitrogens with one attached hydrogen (secondary N) is 1. The molecule has 0 aromatic carbocycles. The third-order valence-electron chi connectivity index (χ3n) is 4.23. The van der Waals surface area contributed by atoms with Crippen molar-refractivity contribution in [1.82, 2.24) is 15.1 Å².